The Kier molecular flexibility index (Phi) is 7.94. The van der Waals surface area contributed by atoms with Gasteiger partial charge in [-0.05, 0) is 25.5 Å². The third-order valence-corrected chi connectivity index (χ3v) is 2.61. The molecule has 0 atom stereocenters. The highest BCUT2D eigenvalue weighted by Crippen LogP contribution is 2.26. The van der Waals surface area contributed by atoms with Gasteiger partial charge in [0.1, 0.15) is 6.61 Å². The molecule has 0 radical (unpaired) electrons. The van der Waals surface area contributed by atoms with Crippen LogP contribution in [0.2, 0.25) is 0 Å². The molecule has 0 heterocycles. The Labute approximate surface area is 125 Å². The first-order chi connectivity index (χ1) is 10.2. The van der Waals surface area contributed by atoms with Crippen molar-refractivity contribution in [3.63, 3.8) is 0 Å². The smallest absolute Gasteiger partial charge is 0.306 e. The first kappa shape index (κ1) is 17.0. The minimum absolute atomic E-state index is 0.0775. The van der Waals surface area contributed by atoms with Gasteiger partial charge in [0.05, 0.1) is 19.6 Å². The summed E-state index contributed by atoms with van der Waals surface area (Å²) in [5.41, 5.74) is 0. The number of hydrogen-bond acceptors (Lipinski definition) is 5. The highest BCUT2D eigenvalue weighted by molar-refractivity contribution is 5.84. The monoisotopic (exact) mass is 294 g/mol. The molecule has 116 valence electrons. The van der Waals surface area contributed by atoms with Gasteiger partial charge in [-0.2, -0.15) is 0 Å². The normalized spacial score (nSPS) is 10.0. The van der Waals surface area contributed by atoms with Crippen LogP contribution in [0, 0.1) is 0 Å². The molecule has 0 aliphatic rings. The van der Waals surface area contributed by atoms with E-state index in [-0.39, 0.29) is 31.2 Å². The molecule has 0 aliphatic carbocycles. The third-order valence-electron chi connectivity index (χ3n) is 2.61. The van der Waals surface area contributed by atoms with Gasteiger partial charge in [-0.3, -0.25) is 9.59 Å². The minimum Gasteiger partial charge on any atom is -0.490 e. The van der Waals surface area contributed by atoms with E-state index in [1.165, 1.54) is 0 Å². The average molecular weight is 294 g/mol. The maximum atomic E-state index is 11.7. The first-order valence-corrected chi connectivity index (χ1v) is 7.19. The van der Waals surface area contributed by atoms with Crippen molar-refractivity contribution in [2.24, 2.45) is 0 Å². The Morgan fingerprint density at radius 2 is 1.67 bits per heavy atom. The molecule has 0 unspecified atom stereocenters. The summed E-state index contributed by atoms with van der Waals surface area (Å²) in [6.07, 6.45) is 1.10. The third kappa shape index (κ3) is 6.79. The summed E-state index contributed by atoms with van der Waals surface area (Å²) in [6, 6.07) is 7.22. The van der Waals surface area contributed by atoms with Crippen LogP contribution < -0.4 is 9.47 Å². The molecule has 0 saturated carbocycles. The zero-order valence-electron chi connectivity index (χ0n) is 12.6. The quantitative estimate of drug-likeness (QED) is 0.621. The average Bonchev–Trinajstić information content (AvgIpc) is 2.50. The van der Waals surface area contributed by atoms with E-state index in [0.29, 0.717) is 24.7 Å². The number of para-hydroxylation sites is 2. The van der Waals surface area contributed by atoms with Crippen molar-refractivity contribution in [1.29, 1.82) is 0 Å². The second kappa shape index (κ2) is 9.80. The minimum atomic E-state index is -0.363. The van der Waals surface area contributed by atoms with Crippen molar-refractivity contribution in [1.82, 2.24) is 0 Å². The van der Waals surface area contributed by atoms with Crippen LogP contribution in [-0.4, -0.2) is 31.6 Å². The fourth-order valence-electron chi connectivity index (χ4n) is 1.61. The molecule has 0 saturated heterocycles. The van der Waals surface area contributed by atoms with Crippen LogP contribution in [0.1, 0.15) is 33.1 Å². The van der Waals surface area contributed by atoms with Crippen LogP contribution >= 0.6 is 0 Å². The van der Waals surface area contributed by atoms with E-state index in [9.17, 15) is 9.59 Å². The summed E-state index contributed by atoms with van der Waals surface area (Å²) in [6.45, 7) is 4.59. The molecule has 5 nitrogen and oxygen atoms in total. The molecule has 21 heavy (non-hydrogen) atoms. The lowest BCUT2D eigenvalue weighted by molar-refractivity contribution is -0.144. The van der Waals surface area contributed by atoms with E-state index < -0.39 is 0 Å². The van der Waals surface area contributed by atoms with Crippen molar-refractivity contribution in [2.75, 3.05) is 19.8 Å². The molecule has 1 rings (SSSR count). The second-order valence-corrected chi connectivity index (χ2v) is 4.43. The zero-order valence-corrected chi connectivity index (χ0v) is 12.6. The lowest BCUT2D eigenvalue weighted by Crippen LogP contribution is -2.14. The number of benzene rings is 1. The Morgan fingerprint density at radius 1 is 1.00 bits per heavy atom. The maximum absolute atomic E-state index is 11.7. The Hall–Kier alpha value is -2.04. The summed E-state index contributed by atoms with van der Waals surface area (Å²) in [5.74, 6) is 0.652. The summed E-state index contributed by atoms with van der Waals surface area (Å²) in [7, 11) is 0. The van der Waals surface area contributed by atoms with Gasteiger partial charge in [-0.15, -0.1) is 0 Å². The standard InChI is InChI=1S/C16H22O5/c1-3-11-20-14-7-5-6-8-15(14)21-12-13(17)9-10-16(18)19-4-2/h5-8H,3-4,9-12H2,1-2H3. The fourth-order valence-corrected chi connectivity index (χ4v) is 1.61. The van der Waals surface area contributed by atoms with Crippen LogP contribution in [0.4, 0.5) is 0 Å². The van der Waals surface area contributed by atoms with E-state index in [1.54, 1.807) is 19.1 Å². The molecule has 0 N–H and O–H groups in total. The van der Waals surface area contributed by atoms with Crippen LogP contribution in [0.5, 0.6) is 11.5 Å². The van der Waals surface area contributed by atoms with Crippen molar-refractivity contribution >= 4 is 11.8 Å². The van der Waals surface area contributed by atoms with Crippen LogP contribution in [0.3, 0.4) is 0 Å². The predicted octanol–water partition coefficient (Wildman–Crippen LogP) is 2.77. The van der Waals surface area contributed by atoms with Crippen LogP contribution in [0.15, 0.2) is 24.3 Å². The SMILES string of the molecule is CCCOc1ccccc1OCC(=O)CCC(=O)OCC. The highest BCUT2D eigenvalue weighted by Gasteiger charge is 2.10. The molecule has 0 aromatic heterocycles. The van der Waals surface area contributed by atoms with E-state index in [1.807, 2.05) is 19.1 Å². The first-order valence-electron chi connectivity index (χ1n) is 7.19. The van der Waals surface area contributed by atoms with Crippen LogP contribution in [-0.2, 0) is 14.3 Å². The van der Waals surface area contributed by atoms with Gasteiger partial charge in [0.15, 0.2) is 17.3 Å². The van der Waals surface area contributed by atoms with Gasteiger partial charge < -0.3 is 14.2 Å². The number of esters is 1. The van der Waals surface area contributed by atoms with E-state index in [2.05, 4.69) is 0 Å². The van der Waals surface area contributed by atoms with E-state index in [4.69, 9.17) is 14.2 Å². The molecular formula is C16H22O5. The molecule has 1 aromatic carbocycles. The largest absolute Gasteiger partial charge is 0.490 e. The molecule has 0 bridgehead atoms. The Balaban J connectivity index is 2.40. The van der Waals surface area contributed by atoms with Gasteiger partial charge in [0, 0.05) is 6.42 Å². The van der Waals surface area contributed by atoms with Crippen LogP contribution in [0.25, 0.3) is 0 Å². The van der Waals surface area contributed by atoms with Crippen molar-refractivity contribution < 1.29 is 23.8 Å². The van der Waals surface area contributed by atoms with E-state index >= 15 is 0 Å². The van der Waals surface area contributed by atoms with E-state index in [0.717, 1.165) is 6.42 Å². The van der Waals surface area contributed by atoms with Gasteiger partial charge in [-0.1, -0.05) is 19.1 Å². The number of hydrogen-bond donors (Lipinski definition) is 0. The molecule has 0 aliphatic heterocycles. The number of ketones is 1. The van der Waals surface area contributed by atoms with Gasteiger partial charge in [0.25, 0.3) is 0 Å². The van der Waals surface area contributed by atoms with Crippen molar-refractivity contribution in [2.45, 2.75) is 33.1 Å². The molecular weight excluding hydrogens is 272 g/mol. The zero-order chi connectivity index (χ0) is 15.5. The number of ether oxygens (including phenoxy) is 3. The predicted molar refractivity (Wildman–Crippen MR) is 78.6 cm³/mol. The highest BCUT2D eigenvalue weighted by atomic mass is 16.5. The number of rotatable bonds is 10. The topological polar surface area (TPSA) is 61.8 Å². The number of carbonyl (C=O) groups excluding carboxylic acids is 2. The van der Waals surface area contributed by atoms with Gasteiger partial charge in [-0.25, -0.2) is 0 Å². The maximum Gasteiger partial charge on any atom is 0.306 e. The van der Waals surface area contributed by atoms with Crippen molar-refractivity contribution in [3.8, 4) is 11.5 Å². The second-order valence-electron chi connectivity index (χ2n) is 4.43. The molecule has 5 heteroatoms. The number of Topliss-reactive ketones (excluding diaryl/α,β-unsaturated/α-hetero) is 1. The lowest BCUT2D eigenvalue weighted by Gasteiger charge is -2.11. The summed E-state index contributed by atoms with van der Waals surface area (Å²) in [5, 5.41) is 0. The lowest BCUT2D eigenvalue weighted by atomic mass is 10.2. The fraction of sp³-hybridized carbons (Fsp3) is 0.500. The van der Waals surface area contributed by atoms with Gasteiger partial charge >= 0.3 is 5.97 Å². The Bertz CT molecular complexity index is 456. The van der Waals surface area contributed by atoms with Crippen molar-refractivity contribution in [3.05, 3.63) is 24.3 Å². The molecule has 0 amide bonds. The summed E-state index contributed by atoms with van der Waals surface area (Å²) < 4.78 is 15.8. The van der Waals surface area contributed by atoms with Gasteiger partial charge in [0.2, 0.25) is 0 Å². The molecule has 0 spiro atoms. The molecule has 1 aromatic rings. The Morgan fingerprint density at radius 3 is 2.29 bits per heavy atom. The summed E-state index contributed by atoms with van der Waals surface area (Å²) in [4.78, 5) is 22.8. The number of carbonyl (C=O) groups is 2. The molecule has 0 fully saturated rings. The summed E-state index contributed by atoms with van der Waals surface area (Å²) >= 11 is 0.